The summed E-state index contributed by atoms with van der Waals surface area (Å²) in [7, 11) is 0.284. The number of allylic oxidation sites excluding steroid dienone is 1. The zero-order chi connectivity index (χ0) is 23.9. The average Bonchev–Trinajstić information content (AvgIpc) is 3.27. The summed E-state index contributed by atoms with van der Waals surface area (Å²) in [5.74, 6) is -2.58. The van der Waals surface area contributed by atoms with E-state index in [1.807, 2.05) is 37.3 Å². The summed E-state index contributed by atoms with van der Waals surface area (Å²) < 4.78 is 43.9. The molecule has 7 heteroatoms. The minimum Gasteiger partial charge on any atom is -0.468 e. The van der Waals surface area contributed by atoms with Crippen LogP contribution in [-0.4, -0.2) is 42.0 Å². The van der Waals surface area contributed by atoms with E-state index in [1.165, 1.54) is 13.2 Å². The van der Waals surface area contributed by atoms with Gasteiger partial charge in [0.1, 0.15) is 17.8 Å². The molecule has 1 saturated heterocycles. The van der Waals surface area contributed by atoms with Crippen LogP contribution in [-0.2, 0) is 36.2 Å². The molecule has 4 atom stereocenters. The van der Waals surface area contributed by atoms with Gasteiger partial charge in [-0.25, -0.2) is 4.39 Å². The molecule has 1 heterocycles. The molecule has 4 unspecified atom stereocenters. The maximum atomic E-state index is 15.2. The van der Waals surface area contributed by atoms with Crippen molar-refractivity contribution >= 4 is 22.3 Å². The number of esters is 1. The van der Waals surface area contributed by atoms with E-state index in [4.69, 9.17) is 14.2 Å². The minimum absolute atomic E-state index is 0.105. The average molecular weight is 473 g/mol. The SMILES string of the molecule is COC(=O)C(C1=C(C)C(Cc2ccc(S(C)=O)cc2)c2cccc(F)c21)C1COC(C)(C)O1. The van der Waals surface area contributed by atoms with Crippen molar-refractivity contribution in [3.8, 4) is 0 Å². The molecule has 2 aromatic rings. The zero-order valence-corrected chi connectivity index (χ0v) is 20.3. The fraction of sp³-hybridized carbons (Fsp3) is 0.423. The molecule has 0 spiro atoms. The van der Waals surface area contributed by atoms with E-state index in [0.717, 1.165) is 21.6 Å². The van der Waals surface area contributed by atoms with Gasteiger partial charge in [0, 0.05) is 33.4 Å². The molecule has 33 heavy (non-hydrogen) atoms. The highest BCUT2D eigenvalue weighted by Gasteiger charge is 2.47. The van der Waals surface area contributed by atoms with Gasteiger partial charge in [-0.3, -0.25) is 9.00 Å². The first-order valence-electron chi connectivity index (χ1n) is 10.9. The molecule has 0 N–H and O–H groups in total. The number of fused-ring (bicyclic) bond motifs is 1. The second kappa shape index (κ2) is 9.12. The van der Waals surface area contributed by atoms with E-state index >= 15 is 4.39 Å². The Morgan fingerprint density at radius 1 is 1.24 bits per heavy atom. The zero-order valence-electron chi connectivity index (χ0n) is 19.5. The Hall–Kier alpha value is -2.35. The van der Waals surface area contributed by atoms with Gasteiger partial charge in [0.05, 0.1) is 13.7 Å². The van der Waals surface area contributed by atoms with Crippen LogP contribution in [0.15, 0.2) is 52.9 Å². The van der Waals surface area contributed by atoms with Gasteiger partial charge in [-0.15, -0.1) is 0 Å². The molecular weight excluding hydrogens is 443 g/mol. The van der Waals surface area contributed by atoms with Crippen molar-refractivity contribution in [1.29, 1.82) is 0 Å². The van der Waals surface area contributed by atoms with Crippen LogP contribution in [0.25, 0.3) is 5.57 Å². The van der Waals surface area contributed by atoms with Crippen molar-refractivity contribution in [2.75, 3.05) is 20.0 Å². The number of hydrogen-bond donors (Lipinski definition) is 0. The number of ether oxygens (including phenoxy) is 3. The van der Waals surface area contributed by atoms with Gasteiger partial charge in [0.25, 0.3) is 0 Å². The Balaban J connectivity index is 1.78. The molecule has 0 saturated carbocycles. The van der Waals surface area contributed by atoms with E-state index < -0.39 is 34.6 Å². The van der Waals surface area contributed by atoms with E-state index in [1.54, 1.807) is 26.2 Å². The molecule has 1 aliphatic heterocycles. The quantitative estimate of drug-likeness (QED) is 0.575. The summed E-state index contributed by atoms with van der Waals surface area (Å²) in [4.78, 5) is 13.7. The van der Waals surface area contributed by atoms with Gasteiger partial charge >= 0.3 is 5.97 Å². The molecule has 4 rings (SSSR count). The molecule has 0 aromatic heterocycles. The maximum absolute atomic E-state index is 15.2. The molecule has 0 amide bonds. The third kappa shape index (κ3) is 4.54. The number of carbonyl (C=O) groups excluding carboxylic acids is 1. The lowest BCUT2D eigenvalue weighted by Gasteiger charge is -2.25. The van der Waals surface area contributed by atoms with Crippen molar-refractivity contribution in [2.45, 2.75) is 49.9 Å². The summed E-state index contributed by atoms with van der Waals surface area (Å²) in [5, 5.41) is 0. The number of benzene rings is 2. The highest BCUT2D eigenvalue weighted by molar-refractivity contribution is 7.84. The van der Waals surface area contributed by atoms with Crippen LogP contribution in [0.2, 0.25) is 0 Å². The Labute approximate surface area is 196 Å². The predicted molar refractivity (Wildman–Crippen MR) is 125 cm³/mol. The van der Waals surface area contributed by atoms with E-state index in [9.17, 15) is 9.00 Å². The van der Waals surface area contributed by atoms with Gasteiger partial charge in [0.15, 0.2) is 5.79 Å². The molecule has 176 valence electrons. The van der Waals surface area contributed by atoms with Crippen molar-refractivity contribution in [1.82, 2.24) is 0 Å². The molecule has 0 radical (unpaired) electrons. The lowest BCUT2D eigenvalue weighted by atomic mass is 9.87. The van der Waals surface area contributed by atoms with Gasteiger partial charge < -0.3 is 14.2 Å². The summed E-state index contributed by atoms with van der Waals surface area (Å²) in [6.45, 7) is 5.75. The smallest absolute Gasteiger partial charge is 0.315 e. The molecule has 2 aromatic carbocycles. The fourth-order valence-corrected chi connectivity index (χ4v) is 5.43. The van der Waals surface area contributed by atoms with Crippen LogP contribution in [0.4, 0.5) is 4.39 Å². The van der Waals surface area contributed by atoms with Gasteiger partial charge in [0.2, 0.25) is 0 Å². The number of methoxy groups -OCH3 is 1. The van der Waals surface area contributed by atoms with E-state index in [0.29, 0.717) is 17.6 Å². The standard InChI is InChI=1S/C26H29FO5S/c1-15-19(13-16-9-11-17(12-10-16)33(5)29)18-7-6-8-20(27)23(18)22(15)24(25(28)30-4)21-14-31-26(2,3)32-21/h6-12,19,21,24H,13-14H2,1-5H3. The molecule has 5 nitrogen and oxygen atoms in total. The normalized spacial score (nSPS) is 23.3. The first-order chi connectivity index (χ1) is 15.6. The first-order valence-corrected chi connectivity index (χ1v) is 12.5. The van der Waals surface area contributed by atoms with Crippen LogP contribution in [0, 0.1) is 11.7 Å². The Morgan fingerprint density at radius 2 is 1.94 bits per heavy atom. The van der Waals surface area contributed by atoms with E-state index in [-0.39, 0.29) is 18.3 Å². The lowest BCUT2D eigenvalue weighted by molar-refractivity contribution is -0.157. The molecule has 1 fully saturated rings. The third-order valence-electron chi connectivity index (χ3n) is 6.50. The topological polar surface area (TPSA) is 61.8 Å². The van der Waals surface area contributed by atoms with Crippen LogP contribution >= 0.6 is 0 Å². The van der Waals surface area contributed by atoms with Gasteiger partial charge in [-0.1, -0.05) is 29.8 Å². The number of rotatable bonds is 6. The first kappa shape index (κ1) is 23.8. The third-order valence-corrected chi connectivity index (χ3v) is 7.44. The Morgan fingerprint density at radius 3 is 2.52 bits per heavy atom. The molecule has 0 bridgehead atoms. The van der Waals surface area contributed by atoms with Gasteiger partial charge in [-0.05, 0) is 62.1 Å². The Bertz CT molecular complexity index is 1120. The number of hydrogen-bond acceptors (Lipinski definition) is 5. The monoisotopic (exact) mass is 472 g/mol. The van der Waals surface area contributed by atoms with Crippen molar-refractivity contribution < 1.29 is 27.6 Å². The summed E-state index contributed by atoms with van der Waals surface area (Å²) in [5.41, 5.74) is 3.88. The maximum Gasteiger partial charge on any atom is 0.315 e. The van der Waals surface area contributed by atoms with Crippen LogP contribution in [0.3, 0.4) is 0 Å². The highest BCUT2D eigenvalue weighted by Crippen LogP contribution is 2.49. The summed E-state index contributed by atoms with van der Waals surface area (Å²) in [6.07, 6.45) is 1.69. The van der Waals surface area contributed by atoms with Crippen molar-refractivity contribution in [3.63, 3.8) is 0 Å². The van der Waals surface area contributed by atoms with Crippen LogP contribution in [0.5, 0.6) is 0 Å². The van der Waals surface area contributed by atoms with Crippen molar-refractivity contribution in [2.24, 2.45) is 5.92 Å². The lowest BCUT2D eigenvalue weighted by Crippen LogP contribution is -2.34. The minimum atomic E-state index is -1.05. The number of carbonyl (C=O) groups is 1. The summed E-state index contributed by atoms with van der Waals surface area (Å²) in [6, 6.07) is 12.7. The second-order valence-corrected chi connectivity index (χ2v) is 10.4. The largest absolute Gasteiger partial charge is 0.468 e. The second-order valence-electron chi connectivity index (χ2n) is 9.02. The van der Waals surface area contributed by atoms with Crippen LogP contribution < -0.4 is 0 Å². The van der Waals surface area contributed by atoms with Crippen molar-refractivity contribution in [3.05, 3.63) is 70.5 Å². The fourth-order valence-electron chi connectivity index (χ4n) is 4.91. The summed E-state index contributed by atoms with van der Waals surface area (Å²) >= 11 is 0. The highest BCUT2D eigenvalue weighted by atomic mass is 32.2. The Kier molecular flexibility index (Phi) is 6.58. The van der Waals surface area contributed by atoms with Gasteiger partial charge in [-0.2, -0.15) is 0 Å². The number of halogens is 1. The molecule has 1 aliphatic carbocycles. The predicted octanol–water partition coefficient (Wildman–Crippen LogP) is 4.62. The molecular formula is C26H29FO5S. The molecule has 2 aliphatic rings. The van der Waals surface area contributed by atoms with Crippen LogP contribution in [0.1, 0.15) is 43.4 Å². The van der Waals surface area contributed by atoms with E-state index in [2.05, 4.69) is 0 Å².